The van der Waals surface area contributed by atoms with Gasteiger partial charge in [-0.15, -0.1) is 0 Å². The highest BCUT2D eigenvalue weighted by atomic mass is 16.2. The van der Waals surface area contributed by atoms with Gasteiger partial charge in [0.15, 0.2) is 5.82 Å². The molecule has 0 saturated carbocycles. The molecule has 1 N–H and O–H groups in total. The second-order valence-electron chi connectivity index (χ2n) is 3.38. The van der Waals surface area contributed by atoms with Gasteiger partial charge in [-0.25, -0.2) is 9.97 Å². The van der Waals surface area contributed by atoms with Crippen LogP contribution in [0.1, 0.15) is 10.6 Å². The number of carbonyl (C=O) groups is 1. The maximum absolute atomic E-state index is 11.9. The molecule has 1 aromatic carbocycles. The number of hydrogen-bond donors (Lipinski definition) is 1. The molecule has 0 unspecified atom stereocenters. The second kappa shape index (κ2) is 3.30. The summed E-state index contributed by atoms with van der Waals surface area (Å²) in [5.74, 6) is 0.105. The average molecular weight is 212 g/mol. The van der Waals surface area contributed by atoms with Gasteiger partial charge in [0.1, 0.15) is 6.33 Å². The van der Waals surface area contributed by atoms with Gasteiger partial charge in [-0.05, 0) is 12.1 Å². The van der Waals surface area contributed by atoms with Crippen LogP contribution in [0.4, 0.5) is 0 Å². The van der Waals surface area contributed by atoms with Gasteiger partial charge in [-0.2, -0.15) is 0 Å². The molecule has 0 aliphatic rings. The topological polar surface area (TPSA) is 63.6 Å². The van der Waals surface area contributed by atoms with Gasteiger partial charge in [-0.3, -0.25) is 9.36 Å². The van der Waals surface area contributed by atoms with E-state index in [-0.39, 0.29) is 5.91 Å². The summed E-state index contributed by atoms with van der Waals surface area (Å²) in [6.45, 7) is 0. The molecule has 0 saturated heterocycles. The molecule has 0 amide bonds. The van der Waals surface area contributed by atoms with Crippen LogP contribution in [0.25, 0.3) is 11.0 Å². The van der Waals surface area contributed by atoms with Gasteiger partial charge in [0, 0.05) is 12.4 Å². The Morgan fingerprint density at radius 1 is 1.31 bits per heavy atom. The molecule has 0 atom stereocenters. The van der Waals surface area contributed by atoms with E-state index in [9.17, 15) is 4.79 Å². The van der Waals surface area contributed by atoms with E-state index in [4.69, 9.17) is 0 Å². The lowest BCUT2D eigenvalue weighted by Gasteiger charge is -1.94. The lowest BCUT2D eigenvalue weighted by atomic mass is 10.3. The number of H-pyrrole nitrogens is 1. The summed E-state index contributed by atoms with van der Waals surface area (Å²) in [4.78, 5) is 22.9. The van der Waals surface area contributed by atoms with Crippen LogP contribution in [-0.4, -0.2) is 25.4 Å². The maximum atomic E-state index is 11.9. The molecule has 2 aromatic heterocycles. The van der Waals surface area contributed by atoms with Crippen molar-refractivity contribution >= 4 is 16.9 Å². The minimum atomic E-state index is -0.214. The lowest BCUT2D eigenvalue weighted by Crippen LogP contribution is -2.11. The first-order valence-electron chi connectivity index (χ1n) is 4.82. The Balaban J connectivity index is 2.10. The van der Waals surface area contributed by atoms with E-state index in [0.29, 0.717) is 5.82 Å². The quantitative estimate of drug-likeness (QED) is 0.664. The molecule has 5 heteroatoms. The Bertz CT molecular complexity index is 606. The van der Waals surface area contributed by atoms with Gasteiger partial charge in [0.2, 0.25) is 0 Å². The number of imidazole rings is 2. The van der Waals surface area contributed by atoms with Crippen molar-refractivity contribution in [1.29, 1.82) is 0 Å². The largest absolute Gasteiger partial charge is 0.334 e. The third-order valence-corrected chi connectivity index (χ3v) is 2.33. The monoisotopic (exact) mass is 212 g/mol. The first-order chi connectivity index (χ1) is 7.84. The van der Waals surface area contributed by atoms with E-state index in [0.717, 1.165) is 11.0 Å². The van der Waals surface area contributed by atoms with Crippen LogP contribution in [0.2, 0.25) is 0 Å². The molecule has 3 rings (SSSR count). The van der Waals surface area contributed by atoms with Gasteiger partial charge in [0.05, 0.1) is 11.0 Å². The molecular weight excluding hydrogens is 204 g/mol. The van der Waals surface area contributed by atoms with Crippen molar-refractivity contribution in [2.75, 3.05) is 0 Å². The third kappa shape index (κ3) is 1.30. The fraction of sp³-hybridized carbons (Fsp3) is 0. The van der Waals surface area contributed by atoms with Gasteiger partial charge in [-0.1, -0.05) is 12.1 Å². The second-order valence-corrected chi connectivity index (χ2v) is 3.38. The number of para-hydroxylation sites is 2. The highest BCUT2D eigenvalue weighted by Gasteiger charge is 2.12. The number of rotatable bonds is 1. The van der Waals surface area contributed by atoms with Crippen molar-refractivity contribution in [1.82, 2.24) is 19.5 Å². The number of nitrogens with one attached hydrogen (secondary N) is 1. The summed E-state index contributed by atoms with van der Waals surface area (Å²) in [7, 11) is 0. The van der Waals surface area contributed by atoms with E-state index in [1.807, 2.05) is 24.3 Å². The highest BCUT2D eigenvalue weighted by Crippen LogP contribution is 2.10. The minimum absolute atomic E-state index is 0.214. The molecule has 0 spiro atoms. The van der Waals surface area contributed by atoms with E-state index in [1.165, 1.54) is 10.9 Å². The van der Waals surface area contributed by atoms with Crippen molar-refractivity contribution in [3.8, 4) is 0 Å². The molecule has 3 aromatic rings. The van der Waals surface area contributed by atoms with Crippen LogP contribution in [0, 0.1) is 0 Å². The number of hydrogen-bond acceptors (Lipinski definition) is 3. The van der Waals surface area contributed by atoms with E-state index in [2.05, 4.69) is 15.0 Å². The summed E-state index contributed by atoms with van der Waals surface area (Å²) in [6, 6.07) is 7.52. The van der Waals surface area contributed by atoms with Crippen LogP contribution in [-0.2, 0) is 0 Å². The zero-order valence-corrected chi connectivity index (χ0v) is 8.29. The number of carbonyl (C=O) groups excluding carboxylic acids is 1. The number of nitrogens with zero attached hydrogens (tertiary/aromatic N) is 3. The SMILES string of the molecule is O=C(c1nc2ccccc2[nH]1)n1ccnc1. The molecule has 78 valence electrons. The first-order valence-corrected chi connectivity index (χ1v) is 4.82. The standard InChI is InChI=1S/C11H8N4O/c16-11(15-6-5-12-7-15)10-13-8-3-1-2-4-9(8)14-10/h1-7H,(H,13,14). The van der Waals surface area contributed by atoms with E-state index in [1.54, 1.807) is 12.4 Å². The summed E-state index contributed by atoms with van der Waals surface area (Å²) in [6.07, 6.45) is 4.60. The molecule has 0 radical (unpaired) electrons. The maximum Gasteiger partial charge on any atom is 0.298 e. The van der Waals surface area contributed by atoms with Crippen LogP contribution in [0.15, 0.2) is 43.0 Å². The molecule has 0 bridgehead atoms. The first kappa shape index (κ1) is 8.84. The van der Waals surface area contributed by atoms with Gasteiger partial charge in [0.25, 0.3) is 5.91 Å². The number of fused-ring (bicyclic) bond motifs is 1. The normalized spacial score (nSPS) is 10.8. The number of aromatic amines is 1. The van der Waals surface area contributed by atoms with E-state index < -0.39 is 0 Å². The predicted octanol–water partition coefficient (Wildman–Crippen LogP) is 1.45. The average Bonchev–Trinajstić information content (AvgIpc) is 2.97. The fourth-order valence-corrected chi connectivity index (χ4v) is 1.56. The molecule has 0 aliphatic heterocycles. The molecule has 2 heterocycles. The Hall–Kier alpha value is -2.43. The number of benzene rings is 1. The van der Waals surface area contributed by atoms with Gasteiger partial charge >= 0.3 is 0 Å². The Labute approximate surface area is 90.8 Å². The Morgan fingerprint density at radius 2 is 2.19 bits per heavy atom. The summed E-state index contributed by atoms with van der Waals surface area (Å²) in [5.41, 5.74) is 1.64. The molecule has 16 heavy (non-hydrogen) atoms. The van der Waals surface area contributed by atoms with Crippen LogP contribution in [0.5, 0.6) is 0 Å². The molecule has 0 aliphatic carbocycles. The Morgan fingerprint density at radius 3 is 2.94 bits per heavy atom. The zero-order valence-electron chi connectivity index (χ0n) is 8.29. The van der Waals surface area contributed by atoms with Crippen LogP contribution < -0.4 is 0 Å². The lowest BCUT2D eigenvalue weighted by molar-refractivity contribution is 0.0951. The summed E-state index contributed by atoms with van der Waals surface area (Å²) < 4.78 is 1.39. The van der Waals surface area contributed by atoms with Crippen molar-refractivity contribution < 1.29 is 4.79 Å². The fourth-order valence-electron chi connectivity index (χ4n) is 1.56. The van der Waals surface area contributed by atoms with E-state index >= 15 is 0 Å². The zero-order chi connectivity index (χ0) is 11.0. The molecule has 0 fully saturated rings. The van der Waals surface area contributed by atoms with Crippen molar-refractivity contribution in [3.05, 3.63) is 48.8 Å². The van der Waals surface area contributed by atoms with Crippen molar-refractivity contribution in [2.24, 2.45) is 0 Å². The summed E-state index contributed by atoms with van der Waals surface area (Å²) >= 11 is 0. The van der Waals surface area contributed by atoms with Crippen LogP contribution in [0.3, 0.4) is 0 Å². The minimum Gasteiger partial charge on any atom is -0.334 e. The third-order valence-electron chi connectivity index (χ3n) is 2.33. The van der Waals surface area contributed by atoms with Gasteiger partial charge < -0.3 is 4.98 Å². The number of aromatic nitrogens is 4. The Kier molecular flexibility index (Phi) is 1.83. The smallest absolute Gasteiger partial charge is 0.298 e. The predicted molar refractivity (Wildman–Crippen MR) is 58.0 cm³/mol. The molecule has 5 nitrogen and oxygen atoms in total. The van der Waals surface area contributed by atoms with Crippen molar-refractivity contribution in [3.63, 3.8) is 0 Å². The molecular formula is C11H8N4O. The van der Waals surface area contributed by atoms with Crippen LogP contribution >= 0.6 is 0 Å². The highest BCUT2D eigenvalue weighted by molar-refractivity contribution is 5.95. The van der Waals surface area contributed by atoms with Crippen molar-refractivity contribution in [2.45, 2.75) is 0 Å². The summed E-state index contributed by atoms with van der Waals surface area (Å²) in [5, 5.41) is 0.